The molecule has 0 radical (unpaired) electrons. The maximum absolute atomic E-state index is 12.6. The van der Waals surface area contributed by atoms with E-state index in [1.165, 1.54) is 18.9 Å². The molecule has 5 rings (SSSR count). The Kier molecular flexibility index (Phi) is 5.37. The maximum Gasteiger partial charge on any atom is 0.308 e. The molecule has 1 atom stereocenters. The molecule has 0 bridgehead atoms. The Bertz CT molecular complexity index is 1480. The van der Waals surface area contributed by atoms with Gasteiger partial charge in [-0.1, -0.05) is 42.5 Å². The Morgan fingerprint density at radius 2 is 1.65 bits per heavy atom. The second kappa shape index (κ2) is 8.51. The first-order valence-corrected chi connectivity index (χ1v) is 10.8. The summed E-state index contributed by atoms with van der Waals surface area (Å²) in [6.45, 7) is 2.76. The van der Waals surface area contributed by atoms with Gasteiger partial charge in [-0.3, -0.25) is 9.59 Å². The molecule has 0 N–H and O–H groups in total. The number of ether oxygens (including phenoxy) is 3. The lowest BCUT2D eigenvalue weighted by Crippen LogP contribution is -2.26. The van der Waals surface area contributed by atoms with E-state index in [9.17, 15) is 9.59 Å². The monoisotopic (exact) mass is 454 g/mol. The number of methoxy groups -OCH3 is 1. The Morgan fingerprint density at radius 3 is 2.41 bits per heavy atom. The Morgan fingerprint density at radius 1 is 0.912 bits per heavy atom. The molecule has 0 saturated carbocycles. The molecule has 0 spiro atoms. The molecule has 7 nitrogen and oxygen atoms in total. The Balaban J connectivity index is 1.60. The van der Waals surface area contributed by atoms with Gasteiger partial charge >= 0.3 is 5.97 Å². The zero-order valence-corrected chi connectivity index (χ0v) is 18.9. The van der Waals surface area contributed by atoms with Crippen molar-refractivity contribution in [2.24, 2.45) is 5.10 Å². The third kappa shape index (κ3) is 3.81. The van der Waals surface area contributed by atoms with Crippen LogP contribution < -0.4 is 9.47 Å². The quantitative estimate of drug-likeness (QED) is 0.314. The van der Waals surface area contributed by atoms with Crippen LogP contribution in [0.2, 0.25) is 0 Å². The average Bonchev–Trinajstić information content (AvgIpc) is 3.28. The summed E-state index contributed by atoms with van der Waals surface area (Å²) in [5.41, 5.74) is 1.29. The highest BCUT2D eigenvalue weighted by Crippen LogP contribution is 2.40. The molecule has 4 aromatic rings. The lowest BCUT2D eigenvalue weighted by Gasteiger charge is -2.23. The number of hydrogen-bond acceptors (Lipinski definition) is 6. The SMILES string of the molecule is COc1ccc2cc(C3=NN(C(C)=O)C(c4c(OC(C)=O)ccc5ccccc45)O3)ccc2c1. The van der Waals surface area contributed by atoms with Gasteiger partial charge in [0, 0.05) is 19.4 Å². The van der Waals surface area contributed by atoms with Gasteiger partial charge in [-0.2, -0.15) is 5.01 Å². The van der Waals surface area contributed by atoms with Crippen LogP contribution in [0.1, 0.15) is 31.2 Å². The molecular formula is C27H22N2O5. The Hall–Kier alpha value is -4.39. The third-order valence-electron chi connectivity index (χ3n) is 5.69. The molecule has 170 valence electrons. The van der Waals surface area contributed by atoms with E-state index in [0.29, 0.717) is 17.2 Å². The fourth-order valence-corrected chi connectivity index (χ4v) is 4.13. The standard InChI is InChI=1S/C27H22N2O5/c1-16(30)29-27(25-23-7-5-4-6-18(23)11-13-24(25)33-17(2)31)34-26(28-29)21-9-8-20-15-22(32-3)12-10-19(20)14-21/h4-15,27H,1-3H3. The highest BCUT2D eigenvalue weighted by atomic mass is 16.5. The number of carbonyl (C=O) groups is 2. The van der Waals surface area contributed by atoms with Gasteiger partial charge in [0.15, 0.2) is 0 Å². The van der Waals surface area contributed by atoms with Crippen LogP contribution in [0.5, 0.6) is 11.5 Å². The van der Waals surface area contributed by atoms with E-state index in [1.54, 1.807) is 13.2 Å². The normalized spacial score (nSPS) is 15.2. The van der Waals surface area contributed by atoms with Crippen molar-refractivity contribution < 1.29 is 23.8 Å². The van der Waals surface area contributed by atoms with Crippen molar-refractivity contribution in [2.45, 2.75) is 20.1 Å². The first-order valence-electron chi connectivity index (χ1n) is 10.8. The number of hydrogen-bond donors (Lipinski definition) is 0. The van der Waals surface area contributed by atoms with Crippen molar-refractivity contribution in [3.05, 3.63) is 83.9 Å². The van der Waals surface area contributed by atoms with Gasteiger partial charge in [-0.15, -0.1) is 5.10 Å². The van der Waals surface area contributed by atoms with Gasteiger partial charge in [0.2, 0.25) is 18.0 Å². The number of rotatable bonds is 4. The van der Waals surface area contributed by atoms with E-state index in [4.69, 9.17) is 14.2 Å². The van der Waals surface area contributed by atoms with Crippen LogP contribution >= 0.6 is 0 Å². The summed E-state index contributed by atoms with van der Waals surface area (Å²) in [5.74, 6) is 0.637. The van der Waals surface area contributed by atoms with Gasteiger partial charge in [-0.05, 0) is 51.9 Å². The molecule has 1 amide bonds. The van der Waals surface area contributed by atoms with Crippen molar-refractivity contribution in [1.82, 2.24) is 5.01 Å². The van der Waals surface area contributed by atoms with Gasteiger partial charge in [-0.25, -0.2) is 0 Å². The molecule has 1 heterocycles. The fourth-order valence-electron chi connectivity index (χ4n) is 4.13. The summed E-state index contributed by atoms with van der Waals surface area (Å²) in [6, 6.07) is 22.8. The van der Waals surface area contributed by atoms with E-state index in [-0.39, 0.29) is 5.91 Å². The second-order valence-corrected chi connectivity index (χ2v) is 7.96. The lowest BCUT2D eigenvalue weighted by molar-refractivity contribution is -0.135. The molecule has 1 unspecified atom stereocenters. The number of fused-ring (bicyclic) bond motifs is 2. The number of amides is 1. The van der Waals surface area contributed by atoms with Gasteiger partial charge in [0.1, 0.15) is 11.5 Å². The smallest absolute Gasteiger partial charge is 0.308 e. The van der Waals surface area contributed by atoms with Crippen molar-refractivity contribution in [3.8, 4) is 11.5 Å². The fraction of sp³-hybridized carbons (Fsp3) is 0.148. The van der Waals surface area contributed by atoms with Crippen LogP contribution in [0, 0.1) is 0 Å². The van der Waals surface area contributed by atoms with E-state index < -0.39 is 12.2 Å². The summed E-state index contributed by atoms with van der Waals surface area (Å²) >= 11 is 0. The summed E-state index contributed by atoms with van der Waals surface area (Å²) < 4.78 is 17.1. The number of carbonyl (C=O) groups excluding carboxylic acids is 2. The minimum atomic E-state index is -0.889. The van der Waals surface area contributed by atoms with Crippen LogP contribution in [0.15, 0.2) is 77.9 Å². The first-order chi connectivity index (χ1) is 16.4. The van der Waals surface area contributed by atoms with Crippen molar-refractivity contribution >= 4 is 39.3 Å². The van der Waals surface area contributed by atoms with E-state index in [1.807, 2.05) is 66.7 Å². The molecule has 34 heavy (non-hydrogen) atoms. The van der Waals surface area contributed by atoms with E-state index in [0.717, 1.165) is 32.9 Å². The largest absolute Gasteiger partial charge is 0.497 e. The molecule has 4 aromatic carbocycles. The summed E-state index contributed by atoms with van der Waals surface area (Å²) in [7, 11) is 1.63. The van der Waals surface area contributed by atoms with Crippen molar-refractivity contribution in [3.63, 3.8) is 0 Å². The Labute approximate surface area is 196 Å². The van der Waals surface area contributed by atoms with Crippen molar-refractivity contribution in [1.29, 1.82) is 0 Å². The second-order valence-electron chi connectivity index (χ2n) is 7.96. The molecule has 0 fully saturated rings. The van der Waals surface area contributed by atoms with Crippen LogP contribution in [0.3, 0.4) is 0 Å². The zero-order chi connectivity index (χ0) is 23.8. The lowest BCUT2D eigenvalue weighted by atomic mass is 10.0. The topological polar surface area (TPSA) is 77.4 Å². The number of nitrogens with zero attached hydrogens (tertiary/aromatic N) is 2. The summed E-state index contributed by atoms with van der Waals surface area (Å²) in [4.78, 5) is 24.4. The molecule has 1 aliphatic heterocycles. The van der Waals surface area contributed by atoms with Crippen LogP contribution in [0.25, 0.3) is 21.5 Å². The van der Waals surface area contributed by atoms with Crippen molar-refractivity contribution in [2.75, 3.05) is 7.11 Å². The molecular weight excluding hydrogens is 432 g/mol. The molecule has 1 aliphatic rings. The van der Waals surface area contributed by atoms with Crippen LogP contribution in [-0.4, -0.2) is 29.9 Å². The summed E-state index contributed by atoms with van der Waals surface area (Å²) in [5, 5.41) is 9.49. The number of hydrazone groups is 1. The molecule has 0 aromatic heterocycles. The molecule has 0 saturated heterocycles. The van der Waals surface area contributed by atoms with Gasteiger partial charge in [0.05, 0.1) is 12.7 Å². The average molecular weight is 454 g/mol. The van der Waals surface area contributed by atoms with E-state index >= 15 is 0 Å². The number of esters is 1. The minimum Gasteiger partial charge on any atom is -0.497 e. The highest BCUT2D eigenvalue weighted by Gasteiger charge is 2.36. The predicted molar refractivity (Wildman–Crippen MR) is 129 cm³/mol. The molecule has 7 heteroatoms. The van der Waals surface area contributed by atoms with E-state index in [2.05, 4.69) is 5.10 Å². The number of benzene rings is 4. The predicted octanol–water partition coefficient (Wildman–Crippen LogP) is 5.17. The third-order valence-corrected chi connectivity index (χ3v) is 5.69. The van der Waals surface area contributed by atoms with Gasteiger partial charge in [0.25, 0.3) is 0 Å². The molecule has 0 aliphatic carbocycles. The minimum absolute atomic E-state index is 0.299. The maximum atomic E-state index is 12.6. The zero-order valence-electron chi connectivity index (χ0n) is 18.9. The first kappa shape index (κ1) is 21.5. The highest BCUT2D eigenvalue weighted by molar-refractivity contribution is 6.01. The van der Waals surface area contributed by atoms with Crippen LogP contribution in [-0.2, 0) is 14.3 Å². The van der Waals surface area contributed by atoms with Gasteiger partial charge < -0.3 is 14.2 Å². The summed E-state index contributed by atoms with van der Waals surface area (Å²) in [6.07, 6.45) is -0.889. The van der Waals surface area contributed by atoms with Crippen LogP contribution in [0.4, 0.5) is 0 Å².